The van der Waals surface area contributed by atoms with Crippen LogP contribution in [0.1, 0.15) is 44.3 Å². The number of carbonyl (C=O) groups is 2. The van der Waals surface area contributed by atoms with Crippen LogP contribution in [0.2, 0.25) is 0 Å². The SMILES string of the molecule is Cn1ccnc1CN(CCO)C(=O)NC1CCN(C(=O)C2CCCC2)CC1. The molecular formula is C19H31N5O3. The van der Waals surface area contributed by atoms with Gasteiger partial charge in [-0.2, -0.15) is 0 Å². The van der Waals surface area contributed by atoms with Crippen molar-refractivity contribution in [1.29, 1.82) is 0 Å². The first-order chi connectivity index (χ1) is 13.1. The highest BCUT2D eigenvalue weighted by Crippen LogP contribution is 2.27. The molecule has 2 N–H and O–H groups in total. The zero-order valence-electron chi connectivity index (χ0n) is 16.1. The number of piperidine rings is 1. The molecule has 0 bridgehead atoms. The lowest BCUT2D eigenvalue weighted by atomic mass is 10.0. The Bertz CT molecular complexity index is 633. The third-order valence-corrected chi connectivity index (χ3v) is 5.75. The topological polar surface area (TPSA) is 90.7 Å². The van der Waals surface area contributed by atoms with Crippen molar-refractivity contribution in [3.63, 3.8) is 0 Å². The molecular weight excluding hydrogens is 346 g/mol. The molecule has 8 nitrogen and oxygen atoms in total. The number of aliphatic hydroxyl groups excluding tert-OH is 1. The summed E-state index contributed by atoms with van der Waals surface area (Å²) in [5.74, 6) is 1.29. The Hall–Kier alpha value is -2.09. The van der Waals surface area contributed by atoms with Gasteiger partial charge in [0.2, 0.25) is 5.91 Å². The first-order valence-electron chi connectivity index (χ1n) is 9.99. The van der Waals surface area contributed by atoms with Crippen molar-refractivity contribution in [1.82, 2.24) is 24.7 Å². The highest BCUT2D eigenvalue weighted by molar-refractivity contribution is 5.79. The number of rotatable bonds is 6. The van der Waals surface area contributed by atoms with Gasteiger partial charge in [0, 0.05) is 51.0 Å². The predicted molar refractivity (Wildman–Crippen MR) is 101 cm³/mol. The Morgan fingerprint density at radius 3 is 2.56 bits per heavy atom. The number of carbonyl (C=O) groups excluding carboxylic acids is 2. The number of aryl methyl sites for hydroxylation is 1. The number of aliphatic hydroxyl groups is 1. The number of likely N-dealkylation sites (tertiary alicyclic amines) is 1. The van der Waals surface area contributed by atoms with Crippen LogP contribution in [0.5, 0.6) is 0 Å². The molecule has 2 aliphatic rings. The molecule has 150 valence electrons. The Balaban J connectivity index is 1.48. The largest absolute Gasteiger partial charge is 0.395 e. The molecule has 0 atom stereocenters. The summed E-state index contributed by atoms with van der Waals surface area (Å²) in [6, 6.07) is -0.125. The van der Waals surface area contributed by atoms with Crippen LogP contribution in [0.25, 0.3) is 0 Å². The maximum absolute atomic E-state index is 12.6. The number of amides is 3. The maximum Gasteiger partial charge on any atom is 0.318 e. The Morgan fingerprint density at radius 1 is 1.26 bits per heavy atom. The van der Waals surface area contributed by atoms with Crippen molar-refractivity contribution < 1.29 is 14.7 Å². The summed E-state index contributed by atoms with van der Waals surface area (Å²) in [6.07, 6.45) is 9.47. The average Bonchev–Trinajstić information content (AvgIpc) is 3.34. The van der Waals surface area contributed by atoms with Crippen molar-refractivity contribution in [3.05, 3.63) is 18.2 Å². The van der Waals surface area contributed by atoms with E-state index in [1.165, 1.54) is 12.8 Å². The molecule has 1 saturated heterocycles. The fraction of sp³-hybridized carbons (Fsp3) is 0.737. The Labute approximate surface area is 160 Å². The van der Waals surface area contributed by atoms with Gasteiger partial charge in [-0.3, -0.25) is 4.79 Å². The summed E-state index contributed by atoms with van der Waals surface area (Å²) in [5.41, 5.74) is 0. The number of aromatic nitrogens is 2. The molecule has 8 heteroatoms. The van der Waals surface area contributed by atoms with Crippen LogP contribution in [-0.2, 0) is 18.4 Å². The summed E-state index contributed by atoms with van der Waals surface area (Å²) in [7, 11) is 1.88. The van der Waals surface area contributed by atoms with Crippen molar-refractivity contribution in [2.45, 2.75) is 51.1 Å². The van der Waals surface area contributed by atoms with Gasteiger partial charge in [0.15, 0.2) is 0 Å². The molecule has 1 aromatic rings. The highest BCUT2D eigenvalue weighted by Gasteiger charge is 2.30. The molecule has 0 aromatic carbocycles. The van der Waals surface area contributed by atoms with E-state index >= 15 is 0 Å². The minimum atomic E-state index is -0.187. The number of urea groups is 1. The van der Waals surface area contributed by atoms with Crippen LogP contribution >= 0.6 is 0 Å². The van der Waals surface area contributed by atoms with Crippen molar-refractivity contribution in [2.24, 2.45) is 13.0 Å². The van der Waals surface area contributed by atoms with E-state index in [4.69, 9.17) is 0 Å². The summed E-state index contributed by atoms with van der Waals surface area (Å²) < 4.78 is 1.87. The van der Waals surface area contributed by atoms with Gasteiger partial charge in [-0.15, -0.1) is 0 Å². The molecule has 1 aliphatic heterocycles. The quantitative estimate of drug-likeness (QED) is 0.777. The molecule has 0 spiro atoms. The van der Waals surface area contributed by atoms with Crippen molar-refractivity contribution in [2.75, 3.05) is 26.2 Å². The van der Waals surface area contributed by atoms with Crippen LogP contribution in [-0.4, -0.2) is 68.7 Å². The van der Waals surface area contributed by atoms with Gasteiger partial charge >= 0.3 is 6.03 Å². The average molecular weight is 377 g/mol. The Kier molecular flexibility index (Phi) is 6.71. The fourth-order valence-electron chi connectivity index (χ4n) is 4.03. The van der Waals surface area contributed by atoms with Gasteiger partial charge in [-0.25, -0.2) is 9.78 Å². The normalized spacial score (nSPS) is 18.7. The number of hydrogen-bond acceptors (Lipinski definition) is 4. The highest BCUT2D eigenvalue weighted by atomic mass is 16.3. The van der Waals surface area contributed by atoms with Crippen LogP contribution in [0.4, 0.5) is 4.79 Å². The van der Waals surface area contributed by atoms with Gasteiger partial charge in [0.25, 0.3) is 0 Å². The first kappa shape index (κ1) is 19.7. The van der Waals surface area contributed by atoms with Crippen molar-refractivity contribution in [3.8, 4) is 0 Å². The Morgan fingerprint density at radius 2 is 1.96 bits per heavy atom. The fourth-order valence-corrected chi connectivity index (χ4v) is 4.03. The molecule has 27 heavy (non-hydrogen) atoms. The van der Waals surface area contributed by atoms with E-state index in [0.717, 1.165) is 31.5 Å². The zero-order valence-corrected chi connectivity index (χ0v) is 16.1. The number of hydrogen-bond donors (Lipinski definition) is 2. The van der Waals surface area contributed by atoms with Gasteiger partial charge in [-0.1, -0.05) is 12.8 Å². The van der Waals surface area contributed by atoms with Gasteiger partial charge in [-0.05, 0) is 25.7 Å². The van der Waals surface area contributed by atoms with Crippen molar-refractivity contribution >= 4 is 11.9 Å². The summed E-state index contributed by atoms with van der Waals surface area (Å²) in [6.45, 7) is 1.94. The molecule has 0 radical (unpaired) electrons. The molecule has 3 amide bonds. The molecule has 1 aromatic heterocycles. The van der Waals surface area contributed by atoms with Crippen LogP contribution in [0.3, 0.4) is 0 Å². The third kappa shape index (κ3) is 5.00. The molecule has 2 fully saturated rings. The van der Waals surface area contributed by atoms with Crippen LogP contribution in [0.15, 0.2) is 12.4 Å². The molecule has 0 unspecified atom stereocenters. The molecule has 1 saturated carbocycles. The van der Waals surface area contributed by atoms with E-state index in [1.807, 2.05) is 22.7 Å². The predicted octanol–water partition coefficient (Wildman–Crippen LogP) is 1.11. The molecule has 1 aliphatic carbocycles. The minimum absolute atomic E-state index is 0.0627. The van der Waals surface area contributed by atoms with Crippen LogP contribution < -0.4 is 5.32 Å². The number of nitrogens with zero attached hydrogens (tertiary/aromatic N) is 4. The zero-order chi connectivity index (χ0) is 19.2. The van der Waals surface area contributed by atoms with E-state index in [9.17, 15) is 14.7 Å². The lowest BCUT2D eigenvalue weighted by Crippen LogP contribution is -2.51. The lowest BCUT2D eigenvalue weighted by molar-refractivity contribution is -0.136. The second kappa shape index (κ2) is 9.21. The monoisotopic (exact) mass is 377 g/mol. The summed E-state index contributed by atoms with van der Waals surface area (Å²) >= 11 is 0. The van der Waals surface area contributed by atoms with E-state index in [-0.39, 0.29) is 31.1 Å². The second-order valence-electron chi connectivity index (χ2n) is 7.63. The summed E-state index contributed by atoms with van der Waals surface area (Å²) in [5, 5.41) is 12.4. The minimum Gasteiger partial charge on any atom is -0.395 e. The molecule has 2 heterocycles. The maximum atomic E-state index is 12.6. The van der Waals surface area contributed by atoms with Gasteiger partial charge < -0.3 is 24.8 Å². The number of imidazole rings is 1. The van der Waals surface area contributed by atoms with E-state index in [2.05, 4.69) is 10.3 Å². The van der Waals surface area contributed by atoms with E-state index in [0.29, 0.717) is 25.5 Å². The lowest BCUT2D eigenvalue weighted by Gasteiger charge is -2.35. The third-order valence-electron chi connectivity index (χ3n) is 5.75. The van der Waals surface area contributed by atoms with Crippen LogP contribution in [0, 0.1) is 5.92 Å². The van der Waals surface area contributed by atoms with E-state index in [1.54, 1.807) is 11.1 Å². The smallest absolute Gasteiger partial charge is 0.318 e. The van der Waals surface area contributed by atoms with Gasteiger partial charge in [0.05, 0.1) is 13.2 Å². The second-order valence-corrected chi connectivity index (χ2v) is 7.63. The van der Waals surface area contributed by atoms with Gasteiger partial charge in [0.1, 0.15) is 5.82 Å². The number of nitrogens with one attached hydrogen (secondary N) is 1. The first-order valence-corrected chi connectivity index (χ1v) is 9.99. The standard InChI is InChI=1S/C19H31N5O3/c1-22-11-8-20-17(22)14-24(12-13-25)19(27)21-16-6-9-23(10-7-16)18(26)15-4-2-3-5-15/h8,11,15-16,25H,2-7,9-10,12-14H2,1H3,(H,21,27). The summed E-state index contributed by atoms with van der Waals surface area (Å²) in [4.78, 5) is 33.0. The molecule has 3 rings (SSSR count). The van der Waals surface area contributed by atoms with E-state index < -0.39 is 0 Å².